The number of fused-ring (bicyclic) bond motifs is 1. The average molecular weight is 371 g/mol. The predicted octanol–water partition coefficient (Wildman–Crippen LogP) is 2.52. The lowest BCUT2D eigenvalue weighted by molar-refractivity contribution is 0.0542. The first-order valence-electron chi connectivity index (χ1n) is 8.23. The van der Waals surface area contributed by atoms with Crippen molar-refractivity contribution in [2.45, 2.75) is 24.4 Å². The van der Waals surface area contributed by atoms with Crippen LogP contribution in [0.4, 0.5) is 0 Å². The molecule has 0 radical (unpaired) electrons. The lowest BCUT2D eigenvalue weighted by Gasteiger charge is -2.29. The minimum atomic E-state index is -0.0750. The standard InChI is InChI=1S/C18H21N5O2S/c1-13(12-25-2)22(11-14-4-6-16(26-3)7-5-14)18(24)15-8-9-23-17(10-15)19-20-21-23/h4-10,13H,11-12H2,1-3H3/t13-/m1/s1. The smallest absolute Gasteiger partial charge is 0.254 e. The third-order valence-corrected chi connectivity index (χ3v) is 4.90. The summed E-state index contributed by atoms with van der Waals surface area (Å²) in [7, 11) is 1.64. The van der Waals surface area contributed by atoms with E-state index in [1.54, 1.807) is 37.2 Å². The highest BCUT2D eigenvalue weighted by atomic mass is 32.2. The van der Waals surface area contributed by atoms with E-state index in [4.69, 9.17) is 4.74 Å². The zero-order chi connectivity index (χ0) is 18.5. The van der Waals surface area contributed by atoms with E-state index in [2.05, 4.69) is 39.8 Å². The minimum Gasteiger partial charge on any atom is -0.383 e. The van der Waals surface area contributed by atoms with Crippen LogP contribution in [0.25, 0.3) is 5.65 Å². The second-order valence-electron chi connectivity index (χ2n) is 5.98. The molecule has 0 aliphatic heterocycles. The van der Waals surface area contributed by atoms with Gasteiger partial charge in [-0.25, -0.2) is 4.52 Å². The molecular weight excluding hydrogens is 350 g/mol. The number of amides is 1. The van der Waals surface area contributed by atoms with Gasteiger partial charge in [0, 0.05) is 30.3 Å². The maximum Gasteiger partial charge on any atom is 0.254 e. The van der Waals surface area contributed by atoms with Crippen molar-refractivity contribution in [1.29, 1.82) is 0 Å². The summed E-state index contributed by atoms with van der Waals surface area (Å²) in [5.74, 6) is -0.0750. The molecule has 0 bridgehead atoms. The van der Waals surface area contributed by atoms with E-state index >= 15 is 0 Å². The first-order valence-corrected chi connectivity index (χ1v) is 9.45. The molecule has 1 atom stereocenters. The lowest BCUT2D eigenvalue weighted by Crippen LogP contribution is -2.40. The molecular formula is C18H21N5O2S. The fourth-order valence-electron chi connectivity index (χ4n) is 2.73. The Hall–Kier alpha value is -2.45. The second kappa shape index (κ2) is 8.29. The average Bonchev–Trinajstić information content (AvgIpc) is 3.14. The van der Waals surface area contributed by atoms with E-state index in [0.29, 0.717) is 24.4 Å². The van der Waals surface area contributed by atoms with E-state index in [0.717, 1.165) is 5.56 Å². The summed E-state index contributed by atoms with van der Waals surface area (Å²) >= 11 is 1.69. The molecule has 2 heterocycles. The molecule has 8 heteroatoms. The van der Waals surface area contributed by atoms with Crippen molar-refractivity contribution >= 4 is 23.3 Å². The fourth-order valence-corrected chi connectivity index (χ4v) is 3.13. The molecule has 0 N–H and O–H groups in total. The van der Waals surface area contributed by atoms with Gasteiger partial charge >= 0.3 is 0 Å². The molecule has 0 aliphatic rings. The molecule has 1 aromatic carbocycles. The number of carbonyl (C=O) groups excluding carboxylic acids is 1. The quantitative estimate of drug-likeness (QED) is 0.594. The van der Waals surface area contributed by atoms with Crippen molar-refractivity contribution in [3.63, 3.8) is 0 Å². The second-order valence-corrected chi connectivity index (χ2v) is 6.86. The lowest BCUT2D eigenvalue weighted by atomic mass is 10.1. The number of nitrogens with zero attached hydrogens (tertiary/aromatic N) is 5. The maximum absolute atomic E-state index is 13.1. The van der Waals surface area contributed by atoms with Crippen molar-refractivity contribution < 1.29 is 9.53 Å². The van der Waals surface area contributed by atoms with Crippen LogP contribution in [0.5, 0.6) is 0 Å². The number of aromatic nitrogens is 4. The molecule has 1 amide bonds. The van der Waals surface area contributed by atoms with E-state index in [1.807, 2.05) is 18.1 Å². The number of thioether (sulfide) groups is 1. The van der Waals surface area contributed by atoms with Crippen LogP contribution < -0.4 is 0 Å². The van der Waals surface area contributed by atoms with Crippen molar-refractivity contribution in [2.75, 3.05) is 20.0 Å². The molecule has 0 fully saturated rings. The summed E-state index contributed by atoms with van der Waals surface area (Å²) in [5, 5.41) is 11.3. The van der Waals surface area contributed by atoms with Crippen molar-refractivity contribution in [1.82, 2.24) is 24.9 Å². The number of hydrogen-bond donors (Lipinski definition) is 0. The SMILES string of the molecule is COC[C@@H](C)N(Cc1ccc(SC)cc1)C(=O)c1ccn2nnnc2c1. The molecule has 26 heavy (non-hydrogen) atoms. The first kappa shape index (κ1) is 18.3. The summed E-state index contributed by atoms with van der Waals surface area (Å²) in [6, 6.07) is 11.6. The van der Waals surface area contributed by atoms with Crippen LogP contribution in [-0.4, -0.2) is 56.9 Å². The van der Waals surface area contributed by atoms with Gasteiger partial charge in [0.05, 0.1) is 12.6 Å². The van der Waals surface area contributed by atoms with Gasteiger partial charge in [-0.1, -0.05) is 12.1 Å². The van der Waals surface area contributed by atoms with Crippen molar-refractivity contribution in [3.05, 3.63) is 53.7 Å². The monoisotopic (exact) mass is 371 g/mol. The van der Waals surface area contributed by atoms with Gasteiger partial charge in [0.15, 0.2) is 5.65 Å². The van der Waals surface area contributed by atoms with Crippen LogP contribution in [-0.2, 0) is 11.3 Å². The van der Waals surface area contributed by atoms with Crippen LogP contribution >= 0.6 is 11.8 Å². The Balaban J connectivity index is 1.87. The van der Waals surface area contributed by atoms with Crippen LogP contribution in [0, 0.1) is 0 Å². The molecule has 0 aliphatic carbocycles. The number of rotatable bonds is 7. The number of tetrazole rings is 1. The molecule has 2 aromatic heterocycles. The van der Waals surface area contributed by atoms with E-state index in [9.17, 15) is 4.79 Å². The van der Waals surface area contributed by atoms with Crippen LogP contribution in [0.2, 0.25) is 0 Å². The van der Waals surface area contributed by atoms with Gasteiger partial charge < -0.3 is 9.64 Å². The van der Waals surface area contributed by atoms with Gasteiger partial charge in [0.2, 0.25) is 0 Å². The third kappa shape index (κ3) is 4.03. The van der Waals surface area contributed by atoms with E-state index in [1.165, 1.54) is 9.41 Å². The van der Waals surface area contributed by atoms with E-state index in [-0.39, 0.29) is 11.9 Å². The Bertz CT molecular complexity index is 881. The highest BCUT2D eigenvalue weighted by Crippen LogP contribution is 2.18. The first-order chi connectivity index (χ1) is 12.6. The van der Waals surface area contributed by atoms with Gasteiger partial charge in [-0.15, -0.1) is 16.9 Å². The molecule has 0 unspecified atom stereocenters. The Morgan fingerprint density at radius 2 is 2.08 bits per heavy atom. The number of pyridine rings is 1. The van der Waals surface area contributed by atoms with Crippen molar-refractivity contribution in [3.8, 4) is 0 Å². The number of benzene rings is 1. The molecule has 0 spiro atoms. The zero-order valence-electron chi connectivity index (χ0n) is 15.0. The third-order valence-electron chi connectivity index (χ3n) is 4.16. The largest absolute Gasteiger partial charge is 0.383 e. The molecule has 7 nitrogen and oxygen atoms in total. The van der Waals surface area contributed by atoms with Gasteiger partial charge in [-0.3, -0.25) is 4.79 Å². The predicted molar refractivity (Wildman–Crippen MR) is 100 cm³/mol. The Labute approximate surface area is 156 Å². The Kier molecular flexibility index (Phi) is 5.85. The molecule has 3 aromatic rings. The minimum absolute atomic E-state index is 0.0695. The van der Waals surface area contributed by atoms with Crippen LogP contribution in [0.1, 0.15) is 22.8 Å². The normalized spacial score (nSPS) is 12.3. The summed E-state index contributed by atoms with van der Waals surface area (Å²) < 4.78 is 6.80. The summed E-state index contributed by atoms with van der Waals surface area (Å²) in [6.07, 6.45) is 3.73. The molecule has 0 saturated carbocycles. The van der Waals surface area contributed by atoms with Gasteiger partial charge in [-0.2, -0.15) is 0 Å². The summed E-state index contributed by atoms with van der Waals surface area (Å²) in [6.45, 7) is 2.95. The highest BCUT2D eigenvalue weighted by Gasteiger charge is 2.22. The number of methoxy groups -OCH3 is 1. The van der Waals surface area contributed by atoms with Gasteiger partial charge in [0.25, 0.3) is 5.91 Å². The molecule has 136 valence electrons. The Morgan fingerprint density at radius 3 is 2.77 bits per heavy atom. The summed E-state index contributed by atoms with van der Waals surface area (Å²) in [4.78, 5) is 16.2. The van der Waals surface area contributed by atoms with E-state index < -0.39 is 0 Å². The number of hydrogen-bond acceptors (Lipinski definition) is 6. The Morgan fingerprint density at radius 1 is 1.31 bits per heavy atom. The van der Waals surface area contributed by atoms with Crippen LogP contribution in [0.15, 0.2) is 47.5 Å². The van der Waals surface area contributed by atoms with Gasteiger partial charge in [-0.05, 0) is 53.4 Å². The number of ether oxygens (including phenoxy) is 1. The zero-order valence-corrected chi connectivity index (χ0v) is 15.8. The maximum atomic E-state index is 13.1. The molecule has 3 rings (SSSR count). The van der Waals surface area contributed by atoms with Crippen molar-refractivity contribution in [2.24, 2.45) is 0 Å². The summed E-state index contributed by atoms with van der Waals surface area (Å²) in [5.41, 5.74) is 2.17. The highest BCUT2D eigenvalue weighted by molar-refractivity contribution is 7.98. The topological polar surface area (TPSA) is 72.6 Å². The van der Waals surface area contributed by atoms with Gasteiger partial charge in [0.1, 0.15) is 0 Å². The number of carbonyl (C=O) groups is 1. The molecule has 0 saturated heterocycles. The van der Waals surface area contributed by atoms with Crippen LogP contribution in [0.3, 0.4) is 0 Å². The fraction of sp³-hybridized carbons (Fsp3) is 0.333.